The SMILES string of the molecule is Cn1c(=O)n(Cc2cc3cc(CNC(=O)OC(C)(C)C)ccc3n2CCCC(F)(F)F)c2cc(F)ccc21. The summed E-state index contributed by atoms with van der Waals surface area (Å²) in [6.45, 7) is 5.61. The zero-order chi connectivity index (χ0) is 27.8. The number of nitrogens with one attached hydrogen (secondary N) is 1. The molecular formula is C27H30F4N4O3. The van der Waals surface area contributed by atoms with Crippen LogP contribution in [-0.4, -0.2) is 31.6 Å². The van der Waals surface area contributed by atoms with E-state index in [9.17, 15) is 27.2 Å². The number of hydrogen-bond acceptors (Lipinski definition) is 3. The number of rotatable bonds is 7. The number of alkyl halides is 3. The summed E-state index contributed by atoms with van der Waals surface area (Å²) in [4.78, 5) is 25.0. The van der Waals surface area contributed by atoms with Gasteiger partial charge < -0.3 is 14.6 Å². The number of carbonyl (C=O) groups is 1. The molecule has 2 heterocycles. The molecule has 0 unspecified atom stereocenters. The molecule has 0 saturated carbocycles. The Kier molecular flexibility index (Phi) is 7.31. The van der Waals surface area contributed by atoms with Gasteiger partial charge >= 0.3 is 18.0 Å². The van der Waals surface area contributed by atoms with Crippen molar-refractivity contribution in [1.82, 2.24) is 19.0 Å². The third-order valence-corrected chi connectivity index (χ3v) is 6.16. The van der Waals surface area contributed by atoms with Crippen LogP contribution in [0.5, 0.6) is 0 Å². The van der Waals surface area contributed by atoms with Crippen LogP contribution in [0, 0.1) is 5.82 Å². The van der Waals surface area contributed by atoms with Gasteiger partial charge in [-0.05, 0) is 69.2 Å². The van der Waals surface area contributed by atoms with Crippen molar-refractivity contribution in [2.24, 2.45) is 7.05 Å². The smallest absolute Gasteiger partial charge is 0.407 e. The maximum Gasteiger partial charge on any atom is 0.407 e. The van der Waals surface area contributed by atoms with E-state index in [4.69, 9.17) is 4.74 Å². The third kappa shape index (κ3) is 6.20. The number of hydrogen-bond donors (Lipinski definition) is 1. The molecule has 0 spiro atoms. The molecule has 0 aliphatic carbocycles. The summed E-state index contributed by atoms with van der Waals surface area (Å²) < 4.78 is 62.5. The fraction of sp³-hybridized carbons (Fsp3) is 0.407. The Balaban J connectivity index is 1.69. The van der Waals surface area contributed by atoms with Gasteiger partial charge in [-0.3, -0.25) is 9.13 Å². The van der Waals surface area contributed by atoms with E-state index in [0.717, 1.165) is 10.9 Å². The molecule has 7 nitrogen and oxygen atoms in total. The van der Waals surface area contributed by atoms with Crippen LogP contribution >= 0.6 is 0 Å². The summed E-state index contributed by atoms with van der Waals surface area (Å²) in [5.41, 5.74) is 2.02. The molecule has 0 fully saturated rings. The monoisotopic (exact) mass is 534 g/mol. The van der Waals surface area contributed by atoms with Crippen molar-refractivity contribution in [3.05, 3.63) is 70.0 Å². The molecule has 4 aromatic rings. The minimum Gasteiger partial charge on any atom is -0.444 e. The van der Waals surface area contributed by atoms with E-state index in [1.807, 2.05) is 12.1 Å². The van der Waals surface area contributed by atoms with Crippen LogP contribution in [0.15, 0.2) is 47.3 Å². The van der Waals surface area contributed by atoms with Crippen LogP contribution in [0.4, 0.5) is 22.4 Å². The second kappa shape index (κ2) is 10.2. The number of carbonyl (C=O) groups excluding carboxylic acids is 1. The maximum absolute atomic E-state index is 14.0. The minimum atomic E-state index is -4.28. The normalized spacial score (nSPS) is 12.4. The number of amides is 1. The van der Waals surface area contributed by atoms with Crippen molar-refractivity contribution in [3.63, 3.8) is 0 Å². The highest BCUT2D eigenvalue weighted by atomic mass is 19.4. The maximum atomic E-state index is 14.0. The molecule has 1 amide bonds. The summed E-state index contributed by atoms with van der Waals surface area (Å²) in [6.07, 6.45) is -5.93. The van der Waals surface area contributed by atoms with Gasteiger partial charge in [-0.2, -0.15) is 13.2 Å². The largest absolute Gasteiger partial charge is 0.444 e. The van der Waals surface area contributed by atoms with Crippen molar-refractivity contribution in [2.75, 3.05) is 0 Å². The van der Waals surface area contributed by atoms with Gasteiger partial charge in [0, 0.05) is 43.2 Å². The number of ether oxygens (including phenoxy) is 1. The predicted octanol–water partition coefficient (Wildman–Crippen LogP) is 5.85. The van der Waals surface area contributed by atoms with Gasteiger partial charge in [0.2, 0.25) is 0 Å². The van der Waals surface area contributed by atoms with Crippen molar-refractivity contribution < 1.29 is 27.1 Å². The summed E-state index contributed by atoms with van der Waals surface area (Å²) in [6, 6.07) is 11.3. The number of aromatic nitrogens is 3. The van der Waals surface area contributed by atoms with E-state index < -0.39 is 30.1 Å². The number of alkyl carbamates (subject to hydrolysis) is 1. The average Bonchev–Trinajstić information content (AvgIpc) is 3.25. The topological polar surface area (TPSA) is 70.2 Å². The molecule has 1 N–H and O–H groups in total. The molecule has 204 valence electrons. The molecular weight excluding hydrogens is 504 g/mol. The quantitative estimate of drug-likeness (QED) is 0.303. The van der Waals surface area contributed by atoms with Gasteiger partial charge in [0.25, 0.3) is 0 Å². The van der Waals surface area contributed by atoms with Crippen LogP contribution in [0.3, 0.4) is 0 Å². The van der Waals surface area contributed by atoms with E-state index in [-0.39, 0.29) is 31.7 Å². The second-order valence-electron chi connectivity index (χ2n) is 10.3. The number of halogens is 4. The molecule has 0 radical (unpaired) electrons. The molecule has 38 heavy (non-hydrogen) atoms. The van der Waals surface area contributed by atoms with E-state index in [0.29, 0.717) is 22.2 Å². The Labute approximate surface area is 216 Å². The number of fused-ring (bicyclic) bond motifs is 2. The van der Waals surface area contributed by atoms with E-state index >= 15 is 0 Å². The molecule has 11 heteroatoms. The predicted molar refractivity (Wildman–Crippen MR) is 137 cm³/mol. The van der Waals surface area contributed by atoms with Crippen molar-refractivity contribution in [1.29, 1.82) is 0 Å². The van der Waals surface area contributed by atoms with Gasteiger partial charge in [0.15, 0.2) is 0 Å². The van der Waals surface area contributed by atoms with E-state index in [1.54, 1.807) is 44.5 Å². The zero-order valence-corrected chi connectivity index (χ0v) is 21.7. The van der Waals surface area contributed by atoms with Crippen molar-refractivity contribution in [3.8, 4) is 0 Å². The molecule has 4 rings (SSSR count). The molecule has 0 aliphatic heterocycles. The first-order valence-electron chi connectivity index (χ1n) is 12.2. The summed E-state index contributed by atoms with van der Waals surface area (Å²) >= 11 is 0. The Bertz CT molecular complexity index is 1540. The number of nitrogens with zero attached hydrogens (tertiary/aromatic N) is 3. The van der Waals surface area contributed by atoms with Gasteiger partial charge in [-0.25, -0.2) is 14.0 Å². The molecule has 0 aliphatic rings. The van der Waals surface area contributed by atoms with Crippen molar-refractivity contribution in [2.45, 2.75) is 65.0 Å². The van der Waals surface area contributed by atoms with Gasteiger partial charge in [-0.15, -0.1) is 0 Å². The Hall–Kier alpha value is -3.76. The lowest BCUT2D eigenvalue weighted by atomic mass is 10.1. The first-order chi connectivity index (χ1) is 17.7. The zero-order valence-electron chi connectivity index (χ0n) is 21.7. The molecule has 0 atom stereocenters. The first-order valence-corrected chi connectivity index (χ1v) is 12.2. The summed E-state index contributed by atoms with van der Waals surface area (Å²) in [5.74, 6) is -0.496. The van der Waals surface area contributed by atoms with Crippen LogP contribution < -0.4 is 11.0 Å². The Morgan fingerprint density at radius 1 is 0.974 bits per heavy atom. The first kappa shape index (κ1) is 27.3. The molecule has 2 aromatic heterocycles. The van der Waals surface area contributed by atoms with Gasteiger partial charge in [0.05, 0.1) is 17.6 Å². The molecule has 2 aromatic carbocycles. The fourth-order valence-corrected chi connectivity index (χ4v) is 4.51. The highest BCUT2D eigenvalue weighted by molar-refractivity contribution is 5.82. The van der Waals surface area contributed by atoms with Gasteiger partial charge in [-0.1, -0.05) is 6.07 Å². The van der Waals surface area contributed by atoms with Crippen molar-refractivity contribution >= 4 is 28.0 Å². The Morgan fingerprint density at radius 3 is 2.37 bits per heavy atom. The Morgan fingerprint density at radius 2 is 1.68 bits per heavy atom. The highest BCUT2D eigenvalue weighted by Gasteiger charge is 2.26. The standard InChI is InChI=1S/C27H30F4N4O3/c1-26(2,3)38-24(36)32-15-17-6-8-21-18(12-17)13-20(34(21)11-5-10-27(29,30)31)16-35-23-14-19(28)7-9-22(23)33(4)25(35)37/h6-9,12-14H,5,10-11,15-16H2,1-4H3,(H,32,36). The second-order valence-corrected chi connectivity index (χ2v) is 10.3. The number of benzene rings is 2. The van der Waals surface area contributed by atoms with Crippen LogP contribution in [0.25, 0.3) is 21.9 Å². The summed E-state index contributed by atoms with van der Waals surface area (Å²) in [5, 5.41) is 3.44. The minimum absolute atomic E-state index is 0.0474. The van der Waals surface area contributed by atoms with E-state index in [1.165, 1.54) is 27.3 Å². The van der Waals surface area contributed by atoms with Crippen LogP contribution in [0.2, 0.25) is 0 Å². The van der Waals surface area contributed by atoms with Gasteiger partial charge in [0.1, 0.15) is 11.4 Å². The third-order valence-electron chi connectivity index (χ3n) is 6.16. The lowest BCUT2D eigenvalue weighted by Gasteiger charge is -2.19. The lowest BCUT2D eigenvalue weighted by molar-refractivity contribution is -0.135. The fourth-order valence-electron chi connectivity index (χ4n) is 4.51. The number of imidazole rings is 1. The van der Waals surface area contributed by atoms with E-state index in [2.05, 4.69) is 5.32 Å². The highest BCUT2D eigenvalue weighted by Crippen LogP contribution is 2.27. The molecule has 0 bridgehead atoms. The average molecular weight is 535 g/mol. The lowest BCUT2D eigenvalue weighted by Crippen LogP contribution is -2.32. The number of aryl methyl sites for hydroxylation is 2. The molecule has 0 saturated heterocycles. The summed E-state index contributed by atoms with van der Waals surface area (Å²) in [7, 11) is 1.59. The van der Waals surface area contributed by atoms with Crippen LogP contribution in [0.1, 0.15) is 44.9 Å². The van der Waals surface area contributed by atoms with Crippen LogP contribution in [-0.2, 0) is 31.4 Å².